The van der Waals surface area contributed by atoms with Crippen molar-refractivity contribution in [2.24, 2.45) is 5.92 Å². The van der Waals surface area contributed by atoms with Crippen LogP contribution in [0, 0.1) is 5.92 Å². The maximum atomic E-state index is 11.4. The summed E-state index contributed by atoms with van der Waals surface area (Å²) in [5.74, 6) is 0.366. The number of nitrogen functional groups attached to an aromatic ring is 1. The van der Waals surface area contributed by atoms with E-state index in [-0.39, 0.29) is 12.0 Å². The van der Waals surface area contributed by atoms with E-state index in [9.17, 15) is 9.90 Å². The number of carbonyl (C=O) groups is 1. The van der Waals surface area contributed by atoms with E-state index >= 15 is 0 Å². The summed E-state index contributed by atoms with van der Waals surface area (Å²) in [5, 5.41) is 12.6. The molecule has 0 saturated carbocycles. The molecule has 5 nitrogen and oxygen atoms in total. The van der Waals surface area contributed by atoms with Crippen molar-refractivity contribution in [1.82, 2.24) is 0 Å². The lowest BCUT2D eigenvalue weighted by Crippen LogP contribution is -2.25. The van der Waals surface area contributed by atoms with Gasteiger partial charge in [-0.1, -0.05) is 0 Å². The predicted octanol–water partition coefficient (Wildman–Crippen LogP) is 1.36. The minimum absolute atomic E-state index is 0.0555. The lowest BCUT2D eigenvalue weighted by molar-refractivity contribution is -0.116. The number of benzene rings is 1. The van der Waals surface area contributed by atoms with E-state index in [1.54, 1.807) is 0 Å². The third kappa shape index (κ3) is 2.33. The van der Waals surface area contributed by atoms with Crippen LogP contribution in [-0.4, -0.2) is 30.2 Å². The third-order valence-corrected chi connectivity index (χ3v) is 4.40. The molecular formula is C15H21N3O2. The molecular weight excluding hydrogens is 254 g/mol. The second-order valence-electron chi connectivity index (χ2n) is 5.85. The Morgan fingerprint density at radius 1 is 1.45 bits per heavy atom. The summed E-state index contributed by atoms with van der Waals surface area (Å²) in [6.07, 6.45) is 2.01. The number of carbonyl (C=O) groups excluding carboxylic acids is 1. The van der Waals surface area contributed by atoms with E-state index in [1.165, 1.54) is 0 Å². The zero-order valence-corrected chi connectivity index (χ0v) is 11.7. The quantitative estimate of drug-likeness (QED) is 0.712. The Morgan fingerprint density at radius 2 is 2.25 bits per heavy atom. The molecule has 0 bridgehead atoms. The number of anilines is 3. The molecule has 108 valence electrons. The van der Waals surface area contributed by atoms with Crippen molar-refractivity contribution < 1.29 is 9.90 Å². The Bertz CT molecular complexity index is 542. The number of hydrogen-bond acceptors (Lipinski definition) is 4. The van der Waals surface area contributed by atoms with Gasteiger partial charge in [-0.15, -0.1) is 0 Å². The van der Waals surface area contributed by atoms with Crippen LogP contribution in [0.3, 0.4) is 0 Å². The fraction of sp³-hybridized carbons (Fsp3) is 0.533. The first kappa shape index (κ1) is 13.2. The zero-order chi connectivity index (χ0) is 14.3. The summed E-state index contributed by atoms with van der Waals surface area (Å²) in [7, 11) is 0. The van der Waals surface area contributed by atoms with Crippen LogP contribution in [0.2, 0.25) is 0 Å². The second-order valence-corrected chi connectivity index (χ2v) is 5.85. The highest BCUT2D eigenvalue weighted by Gasteiger charge is 2.28. The van der Waals surface area contributed by atoms with Crippen LogP contribution in [0.5, 0.6) is 0 Å². The minimum atomic E-state index is -0.280. The van der Waals surface area contributed by atoms with Gasteiger partial charge in [0, 0.05) is 31.1 Å². The number of fused-ring (bicyclic) bond motifs is 1. The number of amides is 1. The third-order valence-electron chi connectivity index (χ3n) is 4.40. The van der Waals surface area contributed by atoms with Gasteiger partial charge in [-0.25, -0.2) is 0 Å². The SMILES string of the molecule is CC(O)C1CCN(c2cc3c(cc2N)NC(=O)CC3)C1. The molecule has 2 atom stereocenters. The fourth-order valence-corrected chi connectivity index (χ4v) is 3.11. The van der Waals surface area contributed by atoms with Crippen LogP contribution < -0.4 is 16.0 Å². The van der Waals surface area contributed by atoms with Crippen molar-refractivity contribution in [2.45, 2.75) is 32.3 Å². The normalized spacial score (nSPS) is 23.4. The summed E-state index contributed by atoms with van der Waals surface area (Å²) in [4.78, 5) is 13.6. The number of nitrogens with two attached hydrogens (primary N) is 1. The van der Waals surface area contributed by atoms with Crippen LogP contribution in [0.4, 0.5) is 17.1 Å². The molecule has 2 aliphatic heterocycles. The van der Waals surface area contributed by atoms with Crippen LogP contribution in [-0.2, 0) is 11.2 Å². The average Bonchev–Trinajstić information content (AvgIpc) is 2.87. The molecule has 0 radical (unpaired) electrons. The van der Waals surface area contributed by atoms with Crippen molar-refractivity contribution in [3.8, 4) is 0 Å². The van der Waals surface area contributed by atoms with Crippen LogP contribution in [0.15, 0.2) is 12.1 Å². The molecule has 1 fully saturated rings. The molecule has 1 amide bonds. The summed E-state index contributed by atoms with van der Waals surface area (Å²) in [6, 6.07) is 3.95. The van der Waals surface area contributed by atoms with E-state index in [0.717, 1.165) is 42.9 Å². The Balaban J connectivity index is 1.86. The smallest absolute Gasteiger partial charge is 0.224 e. The molecule has 2 aliphatic rings. The van der Waals surface area contributed by atoms with Crippen molar-refractivity contribution in [1.29, 1.82) is 0 Å². The maximum Gasteiger partial charge on any atom is 0.224 e. The lowest BCUT2D eigenvalue weighted by atomic mass is 10.0. The van der Waals surface area contributed by atoms with Gasteiger partial charge in [0.05, 0.1) is 17.5 Å². The van der Waals surface area contributed by atoms with Gasteiger partial charge < -0.3 is 21.1 Å². The highest BCUT2D eigenvalue weighted by Crippen LogP contribution is 2.36. The average molecular weight is 275 g/mol. The Kier molecular flexibility index (Phi) is 3.30. The topological polar surface area (TPSA) is 78.6 Å². The lowest BCUT2D eigenvalue weighted by Gasteiger charge is -2.25. The Hall–Kier alpha value is -1.75. The Labute approximate surface area is 118 Å². The first-order chi connectivity index (χ1) is 9.54. The van der Waals surface area contributed by atoms with E-state index in [0.29, 0.717) is 18.0 Å². The summed E-state index contributed by atoms with van der Waals surface area (Å²) < 4.78 is 0. The van der Waals surface area contributed by atoms with E-state index in [2.05, 4.69) is 16.3 Å². The molecule has 1 aromatic rings. The van der Waals surface area contributed by atoms with Gasteiger partial charge in [0.2, 0.25) is 5.91 Å². The van der Waals surface area contributed by atoms with Crippen molar-refractivity contribution in [3.63, 3.8) is 0 Å². The van der Waals surface area contributed by atoms with Gasteiger partial charge in [-0.05, 0) is 37.5 Å². The first-order valence-corrected chi connectivity index (χ1v) is 7.20. The largest absolute Gasteiger partial charge is 0.397 e. The predicted molar refractivity (Wildman–Crippen MR) is 79.8 cm³/mol. The number of nitrogens with zero attached hydrogens (tertiary/aromatic N) is 1. The number of hydrogen-bond donors (Lipinski definition) is 3. The zero-order valence-electron chi connectivity index (χ0n) is 11.7. The molecule has 0 spiro atoms. The molecule has 0 aromatic heterocycles. The highest BCUT2D eigenvalue weighted by atomic mass is 16.3. The monoisotopic (exact) mass is 275 g/mol. The minimum Gasteiger partial charge on any atom is -0.397 e. The maximum absolute atomic E-state index is 11.4. The van der Waals surface area contributed by atoms with Gasteiger partial charge in [-0.3, -0.25) is 4.79 Å². The number of nitrogens with one attached hydrogen (secondary N) is 1. The van der Waals surface area contributed by atoms with E-state index in [1.807, 2.05) is 13.0 Å². The highest BCUT2D eigenvalue weighted by molar-refractivity contribution is 5.95. The number of aryl methyl sites for hydroxylation is 1. The first-order valence-electron chi connectivity index (χ1n) is 7.20. The molecule has 1 aromatic carbocycles. The van der Waals surface area contributed by atoms with Gasteiger partial charge >= 0.3 is 0 Å². The van der Waals surface area contributed by atoms with Gasteiger partial charge in [0.1, 0.15) is 0 Å². The van der Waals surface area contributed by atoms with Crippen molar-refractivity contribution in [3.05, 3.63) is 17.7 Å². The molecule has 2 heterocycles. The molecule has 20 heavy (non-hydrogen) atoms. The molecule has 0 aliphatic carbocycles. The number of rotatable bonds is 2. The Morgan fingerprint density at radius 3 is 2.95 bits per heavy atom. The standard InChI is InChI=1S/C15H21N3O2/c1-9(19)11-4-5-18(8-11)14-6-10-2-3-15(20)17-13(10)7-12(14)16/h6-7,9,11,19H,2-5,8,16H2,1H3,(H,17,20). The van der Waals surface area contributed by atoms with E-state index < -0.39 is 0 Å². The number of aliphatic hydroxyl groups is 1. The van der Waals surface area contributed by atoms with Gasteiger partial charge in [-0.2, -0.15) is 0 Å². The van der Waals surface area contributed by atoms with E-state index in [4.69, 9.17) is 5.73 Å². The van der Waals surface area contributed by atoms with Gasteiger partial charge in [0.25, 0.3) is 0 Å². The summed E-state index contributed by atoms with van der Waals surface area (Å²) in [5.41, 5.74) is 9.85. The summed E-state index contributed by atoms with van der Waals surface area (Å²) >= 11 is 0. The van der Waals surface area contributed by atoms with Crippen molar-refractivity contribution in [2.75, 3.05) is 29.0 Å². The van der Waals surface area contributed by atoms with Crippen LogP contribution in [0.1, 0.15) is 25.3 Å². The second kappa shape index (κ2) is 4.98. The molecule has 4 N–H and O–H groups in total. The molecule has 3 rings (SSSR count). The molecule has 2 unspecified atom stereocenters. The molecule has 1 saturated heterocycles. The van der Waals surface area contributed by atoms with Crippen molar-refractivity contribution >= 4 is 23.0 Å². The van der Waals surface area contributed by atoms with Crippen LogP contribution >= 0.6 is 0 Å². The molecule has 5 heteroatoms. The fourth-order valence-electron chi connectivity index (χ4n) is 3.11. The summed E-state index contributed by atoms with van der Waals surface area (Å²) in [6.45, 7) is 3.61. The van der Waals surface area contributed by atoms with Gasteiger partial charge in [0.15, 0.2) is 0 Å². The number of aliphatic hydroxyl groups excluding tert-OH is 1. The van der Waals surface area contributed by atoms with Crippen LogP contribution in [0.25, 0.3) is 0 Å².